The Morgan fingerprint density at radius 3 is 2.52 bits per heavy atom. The van der Waals surface area contributed by atoms with Crippen LogP contribution in [0, 0.1) is 5.41 Å². The van der Waals surface area contributed by atoms with Crippen molar-refractivity contribution in [3.63, 3.8) is 0 Å². The van der Waals surface area contributed by atoms with Gasteiger partial charge in [0.1, 0.15) is 5.78 Å². The van der Waals surface area contributed by atoms with E-state index in [1.807, 2.05) is 24.3 Å². The summed E-state index contributed by atoms with van der Waals surface area (Å²) < 4.78 is 5.22. The van der Waals surface area contributed by atoms with E-state index in [9.17, 15) is 9.59 Å². The maximum atomic E-state index is 12.4. The van der Waals surface area contributed by atoms with Gasteiger partial charge in [0.25, 0.3) is 0 Å². The minimum Gasteiger partial charge on any atom is -0.464 e. The molecule has 0 bridgehead atoms. The van der Waals surface area contributed by atoms with E-state index in [1.54, 1.807) is 6.92 Å². The number of Topliss-reactive ketones (excluding diaryl/α,β-unsaturated/α-hetero) is 1. The molecule has 0 aromatic heterocycles. The van der Waals surface area contributed by atoms with Crippen LogP contribution >= 0.6 is 0 Å². The molecular weight excluding hydrogens is 316 g/mol. The lowest BCUT2D eigenvalue weighted by atomic mass is 9.58. The van der Waals surface area contributed by atoms with Gasteiger partial charge >= 0.3 is 5.97 Å². The Labute approximate surface area is 148 Å². The SMILES string of the molecule is CCOC(=O)C(Cc1ccc(N)cc1)N=C1CC(=O)C12CCCCC2. The molecule has 3 rings (SSSR count). The smallest absolute Gasteiger partial charge is 0.331 e. The zero-order valence-electron chi connectivity index (χ0n) is 14.8. The lowest BCUT2D eigenvalue weighted by Crippen LogP contribution is -2.52. The number of ether oxygens (including phenoxy) is 1. The Morgan fingerprint density at radius 2 is 1.92 bits per heavy atom. The molecule has 0 saturated heterocycles. The third-order valence-electron chi connectivity index (χ3n) is 5.40. The van der Waals surface area contributed by atoms with Crippen molar-refractivity contribution in [2.45, 2.75) is 57.9 Å². The molecule has 25 heavy (non-hydrogen) atoms. The molecule has 2 fully saturated rings. The summed E-state index contributed by atoms with van der Waals surface area (Å²) in [5, 5.41) is 0. The summed E-state index contributed by atoms with van der Waals surface area (Å²) in [6, 6.07) is 6.86. The van der Waals surface area contributed by atoms with Crippen LogP contribution in [0.25, 0.3) is 0 Å². The fourth-order valence-electron chi connectivity index (χ4n) is 3.92. The highest BCUT2D eigenvalue weighted by atomic mass is 16.5. The standard InChI is InChI=1S/C20H26N2O3/c1-2-25-19(24)16(12-14-6-8-15(21)9-7-14)22-17-13-18(23)20(17)10-4-3-5-11-20/h6-9,16H,2-5,10-13,21H2,1H3. The Hall–Kier alpha value is -2.17. The molecule has 0 aliphatic heterocycles. The average Bonchev–Trinajstić information content (AvgIpc) is 2.63. The molecule has 2 saturated carbocycles. The number of hydrogen-bond donors (Lipinski definition) is 1. The van der Waals surface area contributed by atoms with Crippen LogP contribution in [0.5, 0.6) is 0 Å². The van der Waals surface area contributed by atoms with Crippen molar-refractivity contribution < 1.29 is 14.3 Å². The number of aliphatic imine (C=N–C) groups is 1. The monoisotopic (exact) mass is 342 g/mol. The molecule has 5 nitrogen and oxygen atoms in total. The van der Waals surface area contributed by atoms with Crippen molar-refractivity contribution in [3.05, 3.63) is 29.8 Å². The van der Waals surface area contributed by atoms with Crippen molar-refractivity contribution in [1.29, 1.82) is 0 Å². The lowest BCUT2D eigenvalue weighted by Gasteiger charge is -2.44. The summed E-state index contributed by atoms with van der Waals surface area (Å²) in [5.41, 5.74) is 7.93. The lowest BCUT2D eigenvalue weighted by molar-refractivity contribution is -0.144. The molecular formula is C20H26N2O3. The number of esters is 1. The van der Waals surface area contributed by atoms with E-state index in [-0.39, 0.29) is 11.4 Å². The van der Waals surface area contributed by atoms with Gasteiger partial charge in [0.05, 0.1) is 12.0 Å². The summed E-state index contributed by atoms with van der Waals surface area (Å²) in [5.74, 6) is -0.0295. The second-order valence-electron chi connectivity index (χ2n) is 7.03. The summed E-state index contributed by atoms with van der Waals surface area (Å²) in [6.45, 7) is 2.12. The first-order valence-electron chi connectivity index (χ1n) is 9.16. The molecule has 0 heterocycles. The van der Waals surface area contributed by atoms with Gasteiger partial charge in [-0.1, -0.05) is 31.4 Å². The Kier molecular flexibility index (Phi) is 5.21. The quantitative estimate of drug-likeness (QED) is 0.658. The van der Waals surface area contributed by atoms with Gasteiger partial charge in [0.15, 0.2) is 6.04 Å². The first-order valence-corrected chi connectivity index (χ1v) is 9.16. The molecule has 1 aromatic rings. The van der Waals surface area contributed by atoms with E-state index in [2.05, 4.69) is 0 Å². The Balaban J connectivity index is 1.83. The number of carbonyl (C=O) groups is 2. The Bertz CT molecular complexity index is 673. The van der Waals surface area contributed by atoms with Gasteiger partial charge in [0.2, 0.25) is 0 Å². The predicted octanol–water partition coefficient (Wildman–Crippen LogP) is 3.11. The number of carbonyl (C=O) groups excluding carboxylic acids is 2. The van der Waals surface area contributed by atoms with Crippen molar-refractivity contribution >= 4 is 23.2 Å². The summed E-state index contributed by atoms with van der Waals surface area (Å²) >= 11 is 0. The van der Waals surface area contributed by atoms with Gasteiger partial charge in [-0.2, -0.15) is 0 Å². The van der Waals surface area contributed by atoms with Crippen molar-refractivity contribution in [2.75, 3.05) is 12.3 Å². The summed E-state index contributed by atoms with van der Waals surface area (Å²) in [7, 11) is 0. The minimum atomic E-state index is -0.592. The number of nitrogens with two attached hydrogens (primary N) is 1. The minimum absolute atomic E-state index is 0.293. The summed E-state index contributed by atoms with van der Waals surface area (Å²) in [4.78, 5) is 29.4. The second-order valence-corrected chi connectivity index (χ2v) is 7.03. The molecule has 1 unspecified atom stereocenters. The number of rotatable bonds is 5. The van der Waals surface area contributed by atoms with Crippen molar-refractivity contribution in [2.24, 2.45) is 10.4 Å². The number of ketones is 1. The molecule has 1 aromatic carbocycles. The molecule has 134 valence electrons. The van der Waals surface area contributed by atoms with E-state index in [4.69, 9.17) is 15.5 Å². The van der Waals surface area contributed by atoms with Crippen LogP contribution < -0.4 is 5.73 Å². The third-order valence-corrected chi connectivity index (χ3v) is 5.40. The van der Waals surface area contributed by atoms with Crippen LogP contribution in [0.1, 0.15) is 51.0 Å². The largest absolute Gasteiger partial charge is 0.464 e. The van der Waals surface area contributed by atoms with E-state index in [0.29, 0.717) is 30.9 Å². The number of anilines is 1. The molecule has 5 heteroatoms. The van der Waals surface area contributed by atoms with Crippen molar-refractivity contribution in [1.82, 2.24) is 0 Å². The maximum absolute atomic E-state index is 12.4. The number of benzene rings is 1. The molecule has 2 aliphatic carbocycles. The van der Waals surface area contributed by atoms with E-state index in [1.165, 1.54) is 6.42 Å². The zero-order valence-corrected chi connectivity index (χ0v) is 14.8. The molecule has 1 atom stereocenters. The first-order chi connectivity index (χ1) is 12.0. The molecule has 2 N–H and O–H groups in total. The fourth-order valence-corrected chi connectivity index (χ4v) is 3.92. The third kappa shape index (κ3) is 3.60. The highest BCUT2D eigenvalue weighted by molar-refractivity contribution is 6.27. The number of hydrogen-bond acceptors (Lipinski definition) is 5. The van der Waals surface area contributed by atoms with Gasteiger partial charge in [-0.3, -0.25) is 9.79 Å². The highest BCUT2D eigenvalue weighted by Gasteiger charge is 2.52. The van der Waals surface area contributed by atoms with E-state index >= 15 is 0 Å². The van der Waals surface area contributed by atoms with Gasteiger partial charge < -0.3 is 10.5 Å². The fraction of sp³-hybridized carbons (Fsp3) is 0.550. The Morgan fingerprint density at radius 1 is 1.24 bits per heavy atom. The number of nitrogen functional groups attached to an aromatic ring is 1. The molecule has 2 aliphatic rings. The second kappa shape index (κ2) is 7.38. The zero-order chi connectivity index (χ0) is 17.9. The van der Waals surface area contributed by atoms with Crippen LogP contribution in [0.4, 0.5) is 5.69 Å². The van der Waals surface area contributed by atoms with Crippen molar-refractivity contribution in [3.8, 4) is 0 Å². The first kappa shape index (κ1) is 17.6. The topological polar surface area (TPSA) is 81.8 Å². The molecule has 1 spiro atoms. The predicted molar refractivity (Wildman–Crippen MR) is 97.6 cm³/mol. The summed E-state index contributed by atoms with van der Waals surface area (Å²) in [6.07, 6.45) is 5.91. The van der Waals surface area contributed by atoms with E-state index in [0.717, 1.165) is 37.0 Å². The number of nitrogens with zero attached hydrogens (tertiary/aromatic N) is 1. The molecule has 0 radical (unpaired) electrons. The van der Waals surface area contributed by atoms with Gasteiger partial charge in [-0.05, 0) is 37.5 Å². The van der Waals surface area contributed by atoms with Crippen LogP contribution in [0.3, 0.4) is 0 Å². The molecule has 0 amide bonds. The van der Waals surface area contributed by atoms with Crippen LogP contribution in [-0.2, 0) is 20.7 Å². The normalized spacial score (nSPS) is 21.8. The average molecular weight is 342 g/mol. The van der Waals surface area contributed by atoms with E-state index < -0.39 is 6.04 Å². The van der Waals surface area contributed by atoms with Crippen LogP contribution in [-0.4, -0.2) is 30.1 Å². The van der Waals surface area contributed by atoms with Gasteiger partial charge in [-0.25, -0.2) is 4.79 Å². The maximum Gasteiger partial charge on any atom is 0.331 e. The van der Waals surface area contributed by atoms with Crippen LogP contribution in [0.2, 0.25) is 0 Å². The van der Waals surface area contributed by atoms with Gasteiger partial charge in [-0.15, -0.1) is 0 Å². The highest BCUT2D eigenvalue weighted by Crippen LogP contribution is 2.47. The van der Waals surface area contributed by atoms with Gasteiger partial charge in [0, 0.05) is 24.2 Å². The van der Waals surface area contributed by atoms with Crippen LogP contribution in [0.15, 0.2) is 29.3 Å².